The highest BCUT2D eigenvalue weighted by Crippen LogP contribution is 2.21. The molecule has 0 spiro atoms. The van der Waals surface area contributed by atoms with E-state index in [2.05, 4.69) is 0 Å². The number of esters is 1. The zero-order valence-corrected chi connectivity index (χ0v) is 19.0. The van der Waals surface area contributed by atoms with Gasteiger partial charge in [0.2, 0.25) is 5.71 Å². The van der Waals surface area contributed by atoms with Gasteiger partial charge in [-0.25, -0.2) is 4.79 Å². The number of carbonyl (C=O) groups is 1. The smallest absolute Gasteiger partial charge is 0.345 e. The highest BCUT2D eigenvalue weighted by molar-refractivity contribution is 5.79. The molecule has 1 unspecified atom stereocenters. The molecule has 35 heavy (non-hydrogen) atoms. The summed E-state index contributed by atoms with van der Waals surface area (Å²) in [6, 6.07) is 12.4. The van der Waals surface area contributed by atoms with Crippen molar-refractivity contribution in [2.75, 3.05) is 39.6 Å². The van der Waals surface area contributed by atoms with E-state index in [1.165, 1.54) is 10.6 Å². The molecule has 2 heterocycles. The molecule has 0 amide bonds. The summed E-state index contributed by atoms with van der Waals surface area (Å²) < 4.78 is 22.5. The maximum absolute atomic E-state index is 12.6. The molecule has 3 rings (SSSR count). The van der Waals surface area contributed by atoms with E-state index in [0.29, 0.717) is 22.1 Å². The SMILES string of the molecule is N#Cc1cccc(-c2cc3ccc(=O)n(CCOCCOCCOC(=O)C(N)CN)c3oc2=O)c1. The fraction of sp³-hybridized carbons (Fsp3) is 0.333. The zero-order chi connectivity index (χ0) is 25.2. The number of aromatic nitrogens is 1. The monoisotopic (exact) mass is 482 g/mol. The fourth-order valence-corrected chi connectivity index (χ4v) is 3.21. The Labute approximate surface area is 200 Å². The van der Waals surface area contributed by atoms with Crippen LogP contribution in [0.4, 0.5) is 0 Å². The number of rotatable bonds is 12. The summed E-state index contributed by atoms with van der Waals surface area (Å²) in [5.74, 6) is -0.581. The molecule has 11 nitrogen and oxygen atoms in total. The van der Waals surface area contributed by atoms with E-state index >= 15 is 0 Å². The lowest BCUT2D eigenvalue weighted by Crippen LogP contribution is -2.39. The van der Waals surface area contributed by atoms with Crippen molar-refractivity contribution in [3.05, 3.63) is 68.8 Å². The first-order valence-electron chi connectivity index (χ1n) is 10.9. The summed E-state index contributed by atoms with van der Waals surface area (Å²) in [6.07, 6.45) is 0. The lowest BCUT2D eigenvalue weighted by molar-refractivity contribution is -0.146. The summed E-state index contributed by atoms with van der Waals surface area (Å²) in [4.78, 5) is 36.4. The van der Waals surface area contributed by atoms with Crippen LogP contribution in [0.3, 0.4) is 0 Å². The Balaban J connectivity index is 1.55. The zero-order valence-electron chi connectivity index (χ0n) is 19.0. The second-order valence-corrected chi connectivity index (χ2v) is 7.46. The third-order valence-electron chi connectivity index (χ3n) is 5.04. The van der Waals surface area contributed by atoms with Crippen molar-refractivity contribution in [2.45, 2.75) is 12.6 Å². The van der Waals surface area contributed by atoms with Crippen LogP contribution in [0.25, 0.3) is 22.2 Å². The number of ether oxygens (including phenoxy) is 3. The minimum atomic E-state index is -0.846. The Bertz CT molecular complexity index is 1330. The Hall–Kier alpha value is -3.82. The summed E-state index contributed by atoms with van der Waals surface area (Å²) in [5, 5.41) is 9.67. The molecule has 0 fully saturated rings. The van der Waals surface area contributed by atoms with Gasteiger partial charge in [0.1, 0.15) is 12.6 Å². The fourth-order valence-electron chi connectivity index (χ4n) is 3.21. The first-order chi connectivity index (χ1) is 16.9. The summed E-state index contributed by atoms with van der Waals surface area (Å²) in [6.45, 7) is 1.09. The third kappa shape index (κ3) is 6.84. The highest BCUT2D eigenvalue weighted by atomic mass is 16.6. The Morgan fingerprint density at radius 2 is 1.80 bits per heavy atom. The van der Waals surface area contributed by atoms with Crippen LogP contribution in [-0.4, -0.2) is 56.2 Å². The lowest BCUT2D eigenvalue weighted by atomic mass is 10.0. The van der Waals surface area contributed by atoms with Gasteiger partial charge in [-0.1, -0.05) is 12.1 Å². The number of nitriles is 1. The summed E-state index contributed by atoms with van der Waals surface area (Å²) in [5.41, 5.74) is 11.2. The van der Waals surface area contributed by atoms with E-state index in [-0.39, 0.29) is 57.4 Å². The molecule has 0 radical (unpaired) electrons. The van der Waals surface area contributed by atoms with Crippen molar-refractivity contribution in [2.24, 2.45) is 11.5 Å². The summed E-state index contributed by atoms with van der Waals surface area (Å²) >= 11 is 0. The summed E-state index contributed by atoms with van der Waals surface area (Å²) in [7, 11) is 0. The molecule has 1 aromatic carbocycles. The predicted molar refractivity (Wildman–Crippen MR) is 127 cm³/mol. The molecule has 3 aromatic rings. The van der Waals surface area contributed by atoms with E-state index in [0.717, 1.165) is 0 Å². The van der Waals surface area contributed by atoms with Gasteiger partial charge in [-0.15, -0.1) is 0 Å². The molecule has 0 aliphatic rings. The Morgan fingerprint density at radius 1 is 1.06 bits per heavy atom. The highest BCUT2D eigenvalue weighted by Gasteiger charge is 2.13. The molecule has 0 aliphatic heterocycles. The van der Waals surface area contributed by atoms with Crippen LogP contribution in [-0.2, 0) is 25.5 Å². The lowest BCUT2D eigenvalue weighted by Gasteiger charge is -2.11. The molecule has 2 aromatic heterocycles. The van der Waals surface area contributed by atoms with Crippen molar-refractivity contribution in [3.63, 3.8) is 0 Å². The number of carbonyl (C=O) groups excluding carboxylic acids is 1. The number of hydrogen-bond acceptors (Lipinski definition) is 10. The van der Waals surface area contributed by atoms with Crippen LogP contribution in [0.1, 0.15) is 5.56 Å². The molecular weight excluding hydrogens is 456 g/mol. The van der Waals surface area contributed by atoms with Gasteiger partial charge in [-0.2, -0.15) is 5.26 Å². The van der Waals surface area contributed by atoms with Crippen LogP contribution < -0.4 is 22.7 Å². The van der Waals surface area contributed by atoms with E-state index < -0.39 is 17.6 Å². The Morgan fingerprint density at radius 3 is 2.54 bits per heavy atom. The van der Waals surface area contributed by atoms with Crippen LogP contribution in [0, 0.1) is 11.3 Å². The quantitative estimate of drug-likeness (QED) is 0.271. The number of hydrogen-bond donors (Lipinski definition) is 2. The number of benzene rings is 1. The van der Waals surface area contributed by atoms with Gasteiger partial charge in [0, 0.05) is 18.0 Å². The minimum Gasteiger partial charge on any atom is -0.462 e. The molecule has 0 saturated carbocycles. The molecule has 0 aliphatic carbocycles. The van der Waals surface area contributed by atoms with E-state index in [4.69, 9.17) is 35.4 Å². The first kappa shape index (κ1) is 25.8. The molecule has 0 saturated heterocycles. The number of nitrogens with two attached hydrogens (primary N) is 2. The minimum absolute atomic E-state index is 0.00803. The van der Waals surface area contributed by atoms with Gasteiger partial charge in [0.15, 0.2) is 0 Å². The van der Waals surface area contributed by atoms with Gasteiger partial charge in [-0.3, -0.25) is 14.2 Å². The van der Waals surface area contributed by atoms with Gasteiger partial charge in [-0.05, 0) is 29.8 Å². The van der Waals surface area contributed by atoms with Crippen molar-refractivity contribution < 1.29 is 23.4 Å². The van der Waals surface area contributed by atoms with Gasteiger partial charge in [0.05, 0.1) is 50.2 Å². The average molecular weight is 482 g/mol. The van der Waals surface area contributed by atoms with E-state index in [9.17, 15) is 14.4 Å². The third-order valence-corrected chi connectivity index (χ3v) is 5.04. The molecule has 11 heteroatoms. The first-order valence-corrected chi connectivity index (χ1v) is 10.9. The van der Waals surface area contributed by atoms with Gasteiger partial charge >= 0.3 is 11.6 Å². The van der Waals surface area contributed by atoms with E-state index in [1.807, 2.05) is 6.07 Å². The largest absolute Gasteiger partial charge is 0.462 e. The normalized spacial score (nSPS) is 11.8. The average Bonchev–Trinajstić information content (AvgIpc) is 2.87. The van der Waals surface area contributed by atoms with Crippen molar-refractivity contribution in [1.29, 1.82) is 5.26 Å². The molecule has 0 bridgehead atoms. The maximum Gasteiger partial charge on any atom is 0.345 e. The molecule has 4 N–H and O–H groups in total. The van der Waals surface area contributed by atoms with Crippen molar-refractivity contribution in [3.8, 4) is 17.2 Å². The number of fused-ring (bicyclic) bond motifs is 1. The van der Waals surface area contributed by atoms with Crippen LogP contribution >= 0.6 is 0 Å². The van der Waals surface area contributed by atoms with Crippen molar-refractivity contribution in [1.82, 2.24) is 4.57 Å². The molecular formula is C24H26N4O7. The number of pyridine rings is 1. The van der Waals surface area contributed by atoms with Crippen LogP contribution in [0.5, 0.6) is 0 Å². The van der Waals surface area contributed by atoms with Gasteiger partial charge in [0.25, 0.3) is 5.56 Å². The number of nitrogens with zero attached hydrogens (tertiary/aromatic N) is 2. The second-order valence-electron chi connectivity index (χ2n) is 7.46. The Kier molecular flexibility index (Phi) is 9.28. The molecule has 184 valence electrons. The predicted octanol–water partition coefficient (Wildman–Crippen LogP) is 0.356. The standard InChI is InChI=1S/C24H26N4O7/c25-14-16-2-1-3-17(12-16)19-13-18-4-5-21(29)28(22(18)35-23(19)30)6-7-32-8-9-33-10-11-34-24(31)20(27)15-26/h1-5,12-13,20H,6-11,15,26-27H2. The maximum atomic E-state index is 12.6. The topological polar surface area (TPSA) is 173 Å². The van der Waals surface area contributed by atoms with E-state index in [1.54, 1.807) is 36.4 Å². The van der Waals surface area contributed by atoms with Crippen molar-refractivity contribution >= 4 is 17.1 Å². The molecule has 1 atom stereocenters. The second kappa shape index (κ2) is 12.6. The van der Waals surface area contributed by atoms with Crippen LogP contribution in [0.2, 0.25) is 0 Å². The van der Waals surface area contributed by atoms with Gasteiger partial charge < -0.3 is 30.1 Å². The van der Waals surface area contributed by atoms with Crippen LogP contribution in [0.15, 0.2) is 56.5 Å².